The lowest BCUT2D eigenvalue weighted by Crippen LogP contribution is -2.64. The molecule has 1 N–H and O–H groups in total. The summed E-state index contributed by atoms with van der Waals surface area (Å²) >= 11 is 0. The van der Waals surface area contributed by atoms with Gasteiger partial charge in [0.25, 0.3) is 5.95 Å². The second-order valence-corrected chi connectivity index (χ2v) is 3.68. The third-order valence-electron chi connectivity index (χ3n) is 2.32. The van der Waals surface area contributed by atoms with E-state index in [0.717, 1.165) is 0 Å². The predicted molar refractivity (Wildman–Crippen MR) is 51.0 cm³/mol. The molecule has 1 saturated heterocycles. The van der Waals surface area contributed by atoms with Crippen LogP contribution in [0.4, 0.5) is 10.2 Å². The molecule has 0 radical (unpaired) electrons. The van der Waals surface area contributed by atoms with Gasteiger partial charge in [-0.05, 0) is 0 Å². The molecule has 0 spiro atoms. The van der Waals surface area contributed by atoms with E-state index in [2.05, 4.69) is 9.97 Å². The molecule has 0 amide bonds. The van der Waals surface area contributed by atoms with E-state index >= 15 is 0 Å². The van der Waals surface area contributed by atoms with Gasteiger partial charge in [-0.25, -0.2) is 9.97 Å². The van der Waals surface area contributed by atoms with E-state index < -0.39 is 11.5 Å². The maximum Gasteiger partial charge on any atom is 0.255 e. The lowest BCUT2D eigenvalue weighted by Gasteiger charge is -2.46. The number of hydrogen-bond acceptors (Lipinski definition) is 5. The van der Waals surface area contributed by atoms with Crippen LogP contribution in [-0.4, -0.2) is 47.5 Å². The molecule has 1 aliphatic heterocycles. The number of anilines is 1. The Morgan fingerprint density at radius 1 is 1.53 bits per heavy atom. The number of aromatic nitrogens is 2. The number of aliphatic hydroxyl groups is 1. The van der Waals surface area contributed by atoms with Gasteiger partial charge in [0.05, 0.1) is 19.7 Å². The van der Waals surface area contributed by atoms with Crippen LogP contribution in [0.15, 0.2) is 12.4 Å². The monoisotopic (exact) mass is 213 g/mol. The molecule has 6 heteroatoms. The highest BCUT2D eigenvalue weighted by Gasteiger charge is 2.42. The molecule has 1 fully saturated rings. The quantitative estimate of drug-likeness (QED) is 0.754. The Labute approximate surface area is 86.5 Å². The van der Waals surface area contributed by atoms with E-state index in [1.54, 1.807) is 4.90 Å². The minimum Gasteiger partial charge on any atom is -0.384 e. The lowest BCUT2D eigenvalue weighted by molar-refractivity contribution is -0.0509. The Kier molecular flexibility index (Phi) is 2.54. The third-order valence-corrected chi connectivity index (χ3v) is 2.32. The van der Waals surface area contributed by atoms with Crippen LogP contribution in [0.1, 0.15) is 0 Å². The average Bonchev–Trinajstić information content (AvgIpc) is 2.15. The molecule has 15 heavy (non-hydrogen) atoms. The van der Waals surface area contributed by atoms with Gasteiger partial charge < -0.3 is 14.7 Å². The largest absolute Gasteiger partial charge is 0.384 e. The zero-order chi connectivity index (χ0) is 10.9. The normalized spacial score (nSPS) is 18.7. The molecule has 0 saturated carbocycles. The van der Waals surface area contributed by atoms with Gasteiger partial charge in [0.2, 0.25) is 0 Å². The molecule has 0 aromatic carbocycles. The number of nitrogens with zero attached hydrogens (tertiary/aromatic N) is 3. The summed E-state index contributed by atoms with van der Waals surface area (Å²) in [7, 11) is 1.52. The first-order valence-corrected chi connectivity index (χ1v) is 4.57. The Morgan fingerprint density at radius 3 is 2.80 bits per heavy atom. The van der Waals surface area contributed by atoms with Crippen LogP contribution < -0.4 is 4.90 Å². The van der Waals surface area contributed by atoms with Crippen LogP contribution in [0.25, 0.3) is 0 Å². The lowest BCUT2D eigenvalue weighted by atomic mass is 9.95. The second-order valence-electron chi connectivity index (χ2n) is 3.68. The van der Waals surface area contributed by atoms with Crippen molar-refractivity contribution in [3.05, 3.63) is 18.3 Å². The van der Waals surface area contributed by atoms with Gasteiger partial charge in [0.1, 0.15) is 5.60 Å². The van der Waals surface area contributed by atoms with Gasteiger partial charge in [0.15, 0.2) is 5.82 Å². The smallest absolute Gasteiger partial charge is 0.255 e. The van der Waals surface area contributed by atoms with E-state index in [4.69, 9.17) is 4.74 Å². The number of methoxy groups -OCH3 is 1. The summed E-state index contributed by atoms with van der Waals surface area (Å²) < 4.78 is 18.0. The molecular weight excluding hydrogens is 201 g/mol. The summed E-state index contributed by atoms with van der Waals surface area (Å²) in [5.74, 6) is -0.435. The minimum absolute atomic E-state index is 0.179. The molecule has 1 aliphatic rings. The highest BCUT2D eigenvalue weighted by molar-refractivity contribution is 5.42. The molecule has 0 atom stereocenters. The fourth-order valence-electron chi connectivity index (χ4n) is 1.70. The van der Waals surface area contributed by atoms with Crippen molar-refractivity contribution in [2.45, 2.75) is 5.60 Å². The van der Waals surface area contributed by atoms with Gasteiger partial charge in [-0.2, -0.15) is 4.39 Å². The molecule has 0 aliphatic carbocycles. The maximum absolute atomic E-state index is 13.2. The molecular formula is C9H12FN3O2. The number of halogens is 1. The van der Waals surface area contributed by atoms with E-state index in [-0.39, 0.29) is 12.4 Å². The number of β-amino-alcohol motifs (C(OH)–C–C–N with tert-alkyl or cyclic N) is 1. The van der Waals surface area contributed by atoms with Crippen LogP contribution in [0, 0.1) is 5.95 Å². The Hall–Kier alpha value is -1.27. The van der Waals surface area contributed by atoms with Crippen molar-refractivity contribution in [2.75, 3.05) is 31.7 Å². The SMILES string of the molecule is COCC1(O)CN(c2nccnc2F)C1. The van der Waals surface area contributed by atoms with E-state index in [9.17, 15) is 9.50 Å². The summed E-state index contributed by atoms with van der Waals surface area (Å²) in [4.78, 5) is 8.98. The van der Waals surface area contributed by atoms with E-state index in [1.165, 1.54) is 19.5 Å². The minimum atomic E-state index is -0.890. The van der Waals surface area contributed by atoms with Crippen molar-refractivity contribution >= 4 is 5.82 Å². The van der Waals surface area contributed by atoms with Crippen LogP contribution in [-0.2, 0) is 4.74 Å². The molecule has 0 bridgehead atoms. The Morgan fingerprint density at radius 2 is 2.20 bits per heavy atom. The summed E-state index contributed by atoms with van der Waals surface area (Å²) in [5.41, 5.74) is -0.890. The van der Waals surface area contributed by atoms with Crippen molar-refractivity contribution in [1.82, 2.24) is 9.97 Å². The summed E-state index contributed by atoms with van der Waals surface area (Å²) in [5, 5.41) is 9.80. The zero-order valence-corrected chi connectivity index (χ0v) is 8.35. The molecule has 1 aromatic heterocycles. The Balaban J connectivity index is 2.03. The highest BCUT2D eigenvalue weighted by Crippen LogP contribution is 2.27. The zero-order valence-electron chi connectivity index (χ0n) is 8.35. The Bertz CT molecular complexity index is 355. The molecule has 5 nitrogen and oxygen atoms in total. The first-order chi connectivity index (χ1) is 7.14. The first-order valence-electron chi connectivity index (χ1n) is 4.57. The van der Waals surface area contributed by atoms with Crippen molar-refractivity contribution in [2.24, 2.45) is 0 Å². The average molecular weight is 213 g/mol. The van der Waals surface area contributed by atoms with Crippen LogP contribution in [0.2, 0.25) is 0 Å². The molecule has 1 aromatic rings. The summed E-state index contributed by atoms with van der Waals surface area (Å²) in [6, 6.07) is 0. The third kappa shape index (κ3) is 1.91. The van der Waals surface area contributed by atoms with Gasteiger partial charge in [-0.1, -0.05) is 0 Å². The molecule has 2 heterocycles. The fraction of sp³-hybridized carbons (Fsp3) is 0.556. The number of ether oxygens (including phenoxy) is 1. The number of rotatable bonds is 3. The topological polar surface area (TPSA) is 58.5 Å². The predicted octanol–water partition coefficient (Wildman–Crippen LogP) is -0.187. The molecule has 2 rings (SSSR count). The van der Waals surface area contributed by atoms with E-state index in [0.29, 0.717) is 13.1 Å². The van der Waals surface area contributed by atoms with Crippen molar-refractivity contribution in [1.29, 1.82) is 0 Å². The summed E-state index contributed by atoms with van der Waals surface area (Å²) in [6.07, 6.45) is 2.71. The van der Waals surface area contributed by atoms with Gasteiger partial charge in [0, 0.05) is 19.5 Å². The number of hydrogen-bond donors (Lipinski definition) is 1. The van der Waals surface area contributed by atoms with Gasteiger partial charge in [-0.15, -0.1) is 0 Å². The van der Waals surface area contributed by atoms with Crippen LogP contribution in [0.3, 0.4) is 0 Å². The van der Waals surface area contributed by atoms with Crippen molar-refractivity contribution in [3.63, 3.8) is 0 Å². The van der Waals surface area contributed by atoms with Crippen molar-refractivity contribution in [3.8, 4) is 0 Å². The van der Waals surface area contributed by atoms with Crippen LogP contribution in [0.5, 0.6) is 0 Å². The fourth-order valence-corrected chi connectivity index (χ4v) is 1.70. The van der Waals surface area contributed by atoms with Crippen molar-refractivity contribution < 1.29 is 14.2 Å². The highest BCUT2D eigenvalue weighted by atomic mass is 19.1. The molecule has 82 valence electrons. The van der Waals surface area contributed by atoms with E-state index in [1.807, 2.05) is 0 Å². The maximum atomic E-state index is 13.2. The standard InChI is InChI=1S/C9H12FN3O2/c1-15-6-9(14)4-13(5-9)8-7(10)11-2-3-12-8/h2-3,14H,4-6H2,1H3. The summed E-state index contributed by atoms with van der Waals surface area (Å²) in [6.45, 7) is 0.873. The van der Waals surface area contributed by atoms with Gasteiger partial charge in [-0.3, -0.25) is 0 Å². The van der Waals surface area contributed by atoms with Crippen LogP contribution >= 0.6 is 0 Å². The molecule has 0 unspecified atom stereocenters. The second kappa shape index (κ2) is 3.71. The van der Waals surface area contributed by atoms with Gasteiger partial charge >= 0.3 is 0 Å². The first kappa shape index (κ1) is 10.3.